The van der Waals surface area contributed by atoms with E-state index in [0.29, 0.717) is 28.8 Å². The van der Waals surface area contributed by atoms with Crippen LogP contribution in [0.5, 0.6) is 17.2 Å². The van der Waals surface area contributed by atoms with Crippen molar-refractivity contribution in [3.63, 3.8) is 0 Å². The van der Waals surface area contributed by atoms with Gasteiger partial charge in [-0.1, -0.05) is 0 Å². The lowest BCUT2D eigenvalue weighted by Crippen LogP contribution is -2.37. The van der Waals surface area contributed by atoms with Crippen LogP contribution in [0.4, 0.5) is 14.5 Å². The van der Waals surface area contributed by atoms with Gasteiger partial charge in [0.05, 0.1) is 19.7 Å². The maximum absolute atomic E-state index is 13.9. The maximum Gasteiger partial charge on any atom is 0.272 e. The fourth-order valence-electron chi connectivity index (χ4n) is 3.93. The first-order chi connectivity index (χ1) is 16.8. The Labute approximate surface area is 199 Å². The van der Waals surface area contributed by atoms with E-state index in [9.17, 15) is 23.5 Å². The Bertz CT molecular complexity index is 1460. The van der Waals surface area contributed by atoms with E-state index >= 15 is 0 Å². The maximum atomic E-state index is 13.9. The summed E-state index contributed by atoms with van der Waals surface area (Å²) in [6.07, 6.45) is 0. The van der Waals surface area contributed by atoms with Crippen LogP contribution in [0, 0.1) is 11.6 Å². The van der Waals surface area contributed by atoms with E-state index in [1.807, 2.05) is 0 Å². The number of aromatic hydroxyl groups is 1. The van der Waals surface area contributed by atoms with Crippen molar-refractivity contribution in [1.29, 1.82) is 0 Å². The Balaban J connectivity index is 2.00. The average Bonchev–Trinajstić information content (AvgIpc) is 2.84. The summed E-state index contributed by atoms with van der Waals surface area (Å²) in [5, 5.41) is 11.3. The molecule has 0 aliphatic carbocycles. The zero-order valence-electron chi connectivity index (χ0n) is 19.2. The number of ether oxygens (including phenoxy) is 2. The van der Waals surface area contributed by atoms with Crippen LogP contribution in [-0.4, -0.2) is 36.3 Å². The Morgan fingerprint density at radius 3 is 2.11 bits per heavy atom. The molecule has 180 valence electrons. The van der Waals surface area contributed by atoms with Gasteiger partial charge in [0.1, 0.15) is 34.4 Å². The minimum atomic E-state index is -0.903. The van der Waals surface area contributed by atoms with Gasteiger partial charge in [-0.05, 0) is 55.5 Å². The van der Waals surface area contributed by atoms with Gasteiger partial charge in [0.15, 0.2) is 0 Å². The third-order valence-corrected chi connectivity index (χ3v) is 5.62. The van der Waals surface area contributed by atoms with Gasteiger partial charge < -0.3 is 19.5 Å². The number of fused-ring (bicyclic) bond motifs is 1. The lowest BCUT2D eigenvalue weighted by atomic mass is 10.1. The third kappa shape index (κ3) is 4.28. The summed E-state index contributed by atoms with van der Waals surface area (Å²) in [5.41, 5.74) is -0.727. The van der Waals surface area contributed by atoms with E-state index in [4.69, 9.17) is 9.47 Å². The fourth-order valence-corrected chi connectivity index (χ4v) is 3.93. The highest BCUT2D eigenvalue weighted by Crippen LogP contribution is 2.32. The summed E-state index contributed by atoms with van der Waals surface area (Å²) in [4.78, 5) is 28.3. The average molecular weight is 480 g/mol. The standard InChI is InChI=1S/C26H22F2N2O5/c1-4-29(18-12-15(27)11-16(28)13-18)25(32)23-24(31)21-10-9-20(35-3)14-22(21)30(26(23)33)17-5-7-19(34-2)8-6-17/h5-14,31H,4H2,1-3H3. The van der Waals surface area contributed by atoms with Crippen LogP contribution in [0.3, 0.4) is 0 Å². The summed E-state index contributed by atoms with van der Waals surface area (Å²) in [6.45, 7) is 1.58. The molecule has 4 aromatic rings. The molecule has 0 saturated heterocycles. The van der Waals surface area contributed by atoms with Crippen LogP contribution in [0.15, 0.2) is 65.5 Å². The molecule has 0 radical (unpaired) electrons. The lowest BCUT2D eigenvalue weighted by Gasteiger charge is -2.23. The van der Waals surface area contributed by atoms with Crippen LogP contribution < -0.4 is 19.9 Å². The molecule has 1 N–H and O–H groups in total. The molecule has 1 heterocycles. The van der Waals surface area contributed by atoms with Crippen LogP contribution in [0.2, 0.25) is 0 Å². The molecule has 1 amide bonds. The number of benzene rings is 3. The third-order valence-electron chi connectivity index (χ3n) is 5.62. The van der Waals surface area contributed by atoms with Crippen molar-refractivity contribution in [3.05, 3.63) is 88.2 Å². The number of carbonyl (C=O) groups is 1. The quantitative estimate of drug-likeness (QED) is 0.434. The fraction of sp³-hybridized carbons (Fsp3) is 0.154. The van der Waals surface area contributed by atoms with Crippen molar-refractivity contribution < 1.29 is 28.2 Å². The molecule has 9 heteroatoms. The van der Waals surface area contributed by atoms with Crippen molar-refractivity contribution in [2.45, 2.75) is 6.92 Å². The predicted molar refractivity (Wildman–Crippen MR) is 128 cm³/mol. The van der Waals surface area contributed by atoms with E-state index in [1.54, 1.807) is 43.3 Å². The first-order valence-corrected chi connectivity index (χ1v) is 10.7. The number of carbonyl (C=O) groups excluding carboxylic acids is 1. The van der Waals surface area contributed by atoms with Crippen LogP contribution >= 0.6 is 0 Å². The van der Waals surface area contributed by atoms with Gasteiger partial charge in [-0.3, -0.25) is 14.2 Å². The summed E-state index contributed by atoms with van der Waals surface area (Å²) in [6, 6.07) is 13.9. The molecule has 35 heavy (non-hydrogen) atoms. The van der Waals surface area contributed by atoms with Crippen molar-refractivity contribution in [2.75, 3.05) is 25.7 Å². The van der Waals surface area contributed by atoms with Crippen molar-refractivity contribution in [1.82, 2.24) is 4.57 Å². The Kier molecular flexibility index (Phi) is 6.42. The summed E-state index contributed by atoms with van der Waals surface area (Å²) in [5.74, 6) is -2.21. The number of nitrogens with zero attached hydrogens (tertiary/aromatic N) is 2. The molecule has 0 fully saturated rings. The normalized spacial score (nSPS) is 10.9. The Hall–Kier alpha value is -4.40. The number of anilines is 1. The van der Waals surface area contributed by atoms with Gasteiger partial charge in [0.2, 0.25) is 0 Å². The van der Waals surface area contributed by atoms with Crippen LogP contribution in [-0.2, 0) is 0 Å². The number of halogens is 2. The van der Waals surface area contributed by atoms with Crippen molar-refractivity contribution in [2.24, 2.45) is 0 Å². The molecule has 0 saturated carbocycles. The Morgan fingerprint density at radius 2 is 1.54 bits per heavy atom. The molecule has 3 aromatic carbocycles. The number of rotatable bonds is 6. The number of aromatic nitrogens is 1. The first-order valence-electron chi connectivity index (χ1n) is 10.7. The second-order valence-corrected chi connectivity index (χ2v) is 7.62. The minimum absolute atomic E-state index is 0.0101. The number of hydrogen-bond acceptors (Lipinski definition) is 5. The topological polar surface area (TPSA) is 81.0 Å². The Morgan fingerprint density at radius 1 is 0.943 bits per heavy atom. The number of hydrogen-bond donors (Lipinski definition) is 1. The monoisotopic (exact) mass is 480 g/mol. The molecule has 0 aliphatic rings. The second-order valence-electron chi connectivity index (χ2n) is 7.62. The van der Waals surface area contributed by atoms with Gasteiger partial charge in [-0.15, -0.1) is 0 Å². The van der Waals surface area contributed by atoms with Gasteiger partial charge in [0.25, 0.3) is 11.5 Å². The summed E-state index contributed by atoms with van der Waals surface area (Å²) < 4.78 is 39.5. The van der Waals surface area contributed by atoms with Gasteiger partial charge in [-0.2, -0.15) is 0 Å². The van der Waals surface area contributed by atoms with Crippen molar-refractivity contribution in [3.8, 4) is 22.9 Å². The largest absolute Gasteiger partial charge is 0.506 e. The zero-order chi connectivity index (χ0) is 25.3. The molecular weight excluding hydrogens is 458 g/mol. The molecule has 7 nitrogen and oxygen atoms in total. The van der Waals surface area contributed by atoms with Crippen LogP contribution in [0.1, 0.15) is 17.3 Å². The SMILES string of the molecule is CCN(C(=O)c1c(O)c2ccc(OC)cc2n(-c2ccc(OC)cc2)c1=O)c1cc(F)cc(F)c1. The molecule has 0 unspecified atom stereocenters. The van der Waals surface area contributed by atoms with E-state index in [2.05, 4.69) is 0 Å². The summed E-state index contributed by atoms with van der Waals surface area (Å²) in [7, 11) is 2.97. The van der Waals surface area contributed by atoms with Gasteiger partial charge in [-0.25, -0.2) is 8.78 Å². The minimum Gasteiger partial charge on any atom is -0.506 e. The second kappa shape index (κ2) is 9.46. The van der Waals surface area contributed by atoms with E-state index in [-0.39, 0.29) is 17.6 Å². The molecule has 4 rings (SSSR count). The van der Waals surface area contributed by atoms with Crippen LogP contribution in [0.25, 0.3) is 16.6 Å². The summed E-state index contributed by atoms with van der Waals surface area (Å²) >= 11 is 0. The smallest absolute Gasteiger partial charge is 0.272 e. The predicted octanol–water partition coefficient (Wildman–Crippen LogP) is 4.66. The first kappa shape index (κ1) is 23.7. The zero-order valence-corrected chi connectivity index (χ0v) is 19.2. The highest BCUT2D eigenvalue weighted by Gasteiger charge is 2.28. The van der Waals surface area contributed by atoms with Gasteiger partial charge in [0, 0.05) is 35.4 Å². The molecule has 0 aliphatic heterocycles. The lowest BCUT2D eigenvalue weighted by molar-refractivity contribution is 0.0984. The molecular formula is C26H22F2N2O5. The van der Waals surface area contributed by atoms with E-state index in [0.717, 1.165) is 17.0 Å². The van der Waals surface area contributed by atoms with Gasteiger partial charge >= 0.3 is 0 Å². The van der Waals surface area contributed by atoms with Crippen molar-refractivity contribution >= 4 is 22.5 Å². The highest BCUT2D eigenvalue weighted by atomic mass is 19.1. The van der Waals surface area contributed by atoms with E-state index in [1.165, 1.54) is 24.9 Å². The molecule has 0 spiro atoms. The highest BCUT2D eigenvalue weighted by molar-refractivity contribution is 6.10. The number of amides is 1. The molecule has 1 aromatic heterocycles. The number of pyridine rings is 1. The number of methoxy groups -OCH3 is 2. The molecule has 0 atom stereocenters. The molecule has 0 bridgehead atoms. The van der Waals surface area contributed by atoms with E-state index < -0.39 is 34.4 Å².